The largest absolute Gasteiger partial charge is 0.453 e. The number of carbonyl (C=O) groups is 4. The van der Waals surface area contributed by atoms with E-state index in [9.17, 15) is 19.2 Å². The number of rotatable bonds is 7. The van der Waals surface area contributed by atoms with Gasteiger partial charge in [-0.05, 0) is 47.0 Å². The van der Waals surface area contributed by atoms with Gasteiger partial charge in [-0.2, -0.15) is 0 Å². The molecule has 1 atom stereocenters. The summed E-state index contributed by atoms with van der Waals surface area (Å²) in [5.74, 6) is -1.25. The lowest BCUT2D eigenvalue weighted by molar-refractivity contribution is -0.154. The summed E-state index contributed by atoms with van der Waals surface area (Å²) in [7, 11) is 0. The molecule has 28 heavy (non-hydrogen) atoms. The molecule has 9 nitrogen and oxygen atoms in total. The second kappa shape index (κ2) is 11.5. The Labute approximate surface area is 166 Å². The Morgan fingerprint density at radius 2 is 1.71 bits per heavy atom. The van der Waals surface area contributed by atoms with Crippen LogP contribution in [0.3, 0.4) is 0 Å². The molecule has 3 N–H and O–H groups in total. The molecule has 0 radical (unpaired) electrons. The van der Waals surface area contributed by atoms with Crippen LogP contribution < -0.4 is 16.0 Å². The molecule has 0 unspecified atom stereocenters. The molecule has 1 fully saturated rings. The van der Waals surface area contributed by atoms with Gasteiger partial charge in [-0.1, -0.05) is 19.3 Å². The van der Waals surface area contributed by atoms with E-state index in [1.165, 1.54) is 13.3 Å². The van der Waals surface area contributed by atoms with Crippen molar-refractivity contribution in [2.45, 2.75) is 90.4 Å². The van der Waals surface area contributed by atoms with Gasteiger partial charge in [0.15, 0.2) is 6.10 Å². The predicted molar refractivity (Wildman–Crippen MR) is 103 cm³/mol. The summed E-state index contributed by atoms with van der Waals surface area (Å²) >= 11 is 0. The van der Waals surface area contributed by atoms with E-state index < -0.39 is 35.7 Å². The Bertz CT molecular complexity index is 552. The Kier molecular flexibility index (Phi) is 9.75. The highest BCUT2D eigenvalue weighted by atomic mass is 16.6. The van der Waals surface area contributed by atoms with E-state index in [4.69, 9.17) is 9.47 Å². The van der Waals surface area contributed by atoms with Gasteiger partial charge in [0, 0.05) is 19.0 Å². The average Bonchev–Trinajstić information content (AvgIpc) is 2.57. The molecule has 1 saturated carbocycles. The van der Waals surface area contributed by atoms with Crippen LogP contribution in [0.25, 0.3) is 0 Å². The lowest BCUT2D eigenvalue weighted by Crippen LogP contribution is -2.48. The third-order valence-corrected chi connectivity index (χ3v) is 4.08. The van der Waals surface area contributed by atoms with E-state index in [-0.39, 0.29) is 19.0 Å². The molecule has 0 bridgehead atoms. The number of alkyl carbamates (subject to hydrolysis) is 1. The van der Waals surface area contributed by atoms with Crippen molar-refractivity contribution in [2.75, 3.05) is 6.54 Å². The van der Waals surface area contributed by atoms with Gasteiger partial charge in [-0.15, -0.1) is 0 Å². The molecule has 0 aromatic carbocycles. The fraction of sp³-hybridized carbons (Fsp3) is 0.789. The summed E-state index contributed by atoms with van der Waals surface area (Å²) in [6.07, 6.45) is 3.84. The lowest BCUT2D eigenvalue weighted by Gasteiger charge is -2.23. The summed E-state index contributed by atoms with van der Waals surface area (Å²) < 4.78 is 10.1. The number of imide groups is 1. The molecular weight excluding hydrogens is 366 g/mol. The standard InChI is InChI=1S/C19H33N3O6/c1-13(16(24)22-17(25)21-14-9-6-5-7-10-14)27-15(23)11-8-12-20-18(26)28-19(2,3)4/h13-14H,5-12H2,1-4H3,(H,20,26)(H2,21,22,24,25)/t13-/m0/s1. The number of carbonyl (C=O) groups excluding carboxylic acids is 4. The van der Waals surface area contributed by atoms with Gasteiger partial charge in [0.05, 0.1) is 0 Å². The van der Waals surface area contributed by atoms with E-state index in [2.05, 4.69) is 16.0 Å². The number of urea groups is 1. The zero-order valence-corrected chi connectivity index (χ0v) is 17.3. The van der Waals surface area contributed by atoms with Crippen LogP contribution in [0.5, 0.6) is 0 Å². The first kappa shape index (κ1) is 23.7. The van der Waals surface area contributed by atoms with Crippen molar-refractivity contribution >= 4 is 24.0 Å². The van der Waals surface area contributed by atoms with Crippen molar-refractivity contribution in [3.05, 3.63) is 0 Å². The molecule has 4 amide bonds. The van der Waals surface area contributed by atoms with E-state index in [1.54, 1.807) is 20.8 Å². The van der Waals surface area contributed by atoms with Crippen LogP contribution >= 0.6 is 0 Å². The number of hydrogen-bond donors (Lipinski definition) is 3. The first-order chi connectivity index (χ1) is 13.1. The molecular formula is C19H33N3O6. The molecule has 1 rings (SSSR count). The second-order valence-electron chi connectivity index (χ2n) is 7.96. The molecule has 1 aliphatic carbocycles. The second-order valence-corrected chi connectivity index (χ2v) is 7.96. The smallest absolute Gasteiger partial charge is 0.407 e. The van der Waals surface area contributed by atoms with Gasteiger partial charge in [0.2, 0.25) is 0 Å². The fourth-order valence-corrected chi connectivity index (χ4v) is 2.73. The van der Waals surface area contributed by atoms with Crippen LogP contribution in [-0.4, -0.2) is 48.3 Å². The first-order valence-corrected chi connectivity index (χ1v) is 9.84. The summed E-state index contributed by atoms with van der Waals surface area (Å²) in [5, 5.41) is 7.49. The minimum Gasteiger partial charge on any atom is -0.453 e. The molecule has 0 aliphatic heterocycles. The number of amides is 4. The van der Waals surface area contributed by atoms with Crippen molar-refractivity contribution < 1.29 is 28.7 Å². The van der Waals surface area contributed by atoms with Crippen molar-refractivity contribution in [2.24, 2.45) is 0 Å². The van der Waals surface area contributed by atoms with Crippen LogP contribution in [0.15, 0.2) is 0 Å². The number of esters is 1. The maximum Gasteiger partial charge on any atom is 0.407 e. The molecule has 0 saturated heterocycles. The molecule has 1 aliphatic rings. The molecule has 0 aromatic rings. The van der Waals surface area contributed by atoms with Gasteiger partial charge in [0.1, 0.15) is 5.60 Å². The lowest BCUT2D eigenvalue weighted by atomic mass is 9.96. The highest BCUT2D eigenvalue weighted by Gasteiger charge is 2.22. The monoisotopic (exact) mass is 399 g/mol. The Morgan fingerprint density at radius 1 is 1.07 bits per heavy atom. The molecule has 0 spiro atoms. The SMILES string of the molecule is C[C@H](OC(=O)CCCNC(=O)OC(C)(C)C)C(=O)NC(=O)NC1CCCCC1. The predicted octanol–water partition coefficient (Wildman–Crippen LogP) is 2.38. The Morgan fingerprint density at radius 3 is 2.32 bits per heavy atom. The minimum absolute atomic E-state index is 0.0295. The van der Waals surface area contributed by atoms with Crippen molar-refractivity contribution in [1.82, 2.24) is 16.0 Å². The fourth-order valence-electron chi connectivity index (χ4n) is 2.73. The Balaban J connectivity index is 2.19. The van der Waals surface area contributed by atoms with Gasteiger partial charge in [-0.25, -0.2) is 9.59 Å². The normalized spacial score (nSPS) is 15.9. The van der Waals surface area contributed by atoms with Crippen LogP contribution in [0.2, 0.25) is 0 Å². The minimum atomic E-state index is -1.08. The maximum atomic E-state index is 12.0. The Hall–Kier alpha value is -2.32. The van der Waals surface area contributed by atoms with Gasteiger partial charge < -0.3 is 20.1 Å². The van der Waals surface area contributed by atoms with Crippen LogP contribution in [-0.2, 0) is 19.1 Å². The molecule has 0 heterocycles. The topological polar surface area (TPSA) is 123 Å². The zero-order valence-electron chi connectivity index (χ0n) is 17.3. The highest BCUT2D eigenvalue weighted by molar-refractivity contribution is 5.97. The van der Waals surface area contributed by atoms with Crippen molar-refractivity contribution in [3.63, 3.8) is 0 Å². The number of hydrogen-bond acceptors (Lipinski definition) is 6. The van der Waals surface area contributed by atoms with Crippen molar-refractivity contribution in [1.29, 1.82) is 0 Å². The molecule has 0 aromatic heterocycles. The van der Waals surface area contributed by atoms with Gasteiger partial charge >= 0.3 is 18.1 Å². The highest BCUT2D eigenvalue weighted by Crippen LogP contribution is 2.17. The van der Waals surface area contributed by atoms with E-state index >= 15 is 0 Å². The summed E-state index contributed by atoms with van der Waals surface area (Å²) in [5.41, 5.74) is -0.588. The van der Waals surface area contributed by atoms with Crippen LogP contribution in [0.4, 0.5) is 9.59 Å². The summed E-state index contributed by atoms with van der Waals surface area (Å²) in [6, 6.07) is -0.488. The zero-order chi connectivity index (χ0) is 21.2. The maximum absolute atomic E-state index is 12.0. The first-order valence-electron chi connectivity index (χ1n) is 9.84. The van der Waals surface area contributed by atoms with Crippen LogP contribution in [0, 0.1) is 0 Å². The van der Waals surface area contributed by atoms with Gasteiger partial charge in [-0.3, -0.25) is 14.9 Å². The molecule has 9 heteroatoms. The van der Waals surface area contributed by atoms with E-state index in [0.717, 1.165) is 25.7 Å². The quantitative estimate of drug-likeness (QED) is 0.446. The van der Waals surface area contributed by atoms with E-state index in [0.29, 0.717) is 6.42 Å². The average molecular weight is 399 g/mol. The number of nitrogens with one attached hydrogen (secondary N) is 3. The van der Waals surface area contributed by atoms with E-state index in [1.807, 2.05) is 0 Å². The third-order valence-electron chi connectivity index (χ3n) is 4.08. The summed E-state index contributed by atoms with van der Waals surface area (Å²) in [6.45, 7) is 6.91. The third kappa shape index (κ3) is 10.7. The summed E-state index contributed by atoms with van der Waals surface area (Å²) in [4.78, 5) is 47.1. The van der Waals surface area contributed by atoms with Gasteiger partial charge in [0.25, 0.3) is 5.91 Å². The van der Waals surface area contributed by atoms with Crippen molar-refractivity contribution in [3.8, 4) is 0 Å². The molecule has 160 valence electrons. The van der Waals surface area contributed by atoms with Crippen LogP contribution in [0.1, 0.15) is 72.6 Å². The number of ether oxygens (including phenoxy) is 2.